The molecule has 4 nitrogen and oxygen atoms in total. The van der Waals surface area contributed by atoms with Crippen molar-refractivity contribution in [3.05, 3.63) is 46.3 Å². The van der Waals surface area contributed by atoms with E-state index in [1.807, 2.05) is 31.2 Å². The van der Waals surface area contributed by atoms with Gasteiger partial charge < -0.3 is 14.6 Å². The van der Waals surface area contributed by atoms with Crippen molar-refractivity contribution in [1.29, 1.82) is 0 Å². The molecule has 1 N–H and O–H groups in total. The minimum atomic E-state index is 0.358. The van der Waals surface area contributed by atoms with Crippen LogP contribution in [0.15, 0.2) is 28.8 Å². The zero-order valence-electron chi connectivity index (χ0n) is 11.9. The van der Waals surface area contributed by atoms with Crippen LogP contribution in [-0.2, 0) is 13.2 Å². The van der Waals surface area contributed by atoms with E-state index in [0.717, 1.165) is 17.0 Å². The van der Waals surface area contributed by atoms with Crippen LogP contribution in [0.2, 0.25) is 5.02 Å². The highest BCUT2D eigenvalue weighted by Crippen LogP contribution is 2.24. The highest BCUT2D eigenvalue weighted by Gasteiger charge is 2.08. The molecule has 5 heteroatoms. The lowest BCUT2D eigenvalue weighted by molar-refractivity contribution is 0.246. The summed E-state index contributed by atoms with van der Waals surface area (Å²) in [5, 5.41) is 7.90. The number of halogens is 1. The van der Waals surface area contributed by atoms with Gasteiger partial charge in [0.1, 0.15) is 12.4 Å². The average Bonchev–Trinajstić information content (AvgIpc) is 2.81. The molecule has 0 amide bonds. The summed E-state index contributed by atoms with van der Waals surface area (Å²) in [6.45, 7) is 7.15. The van der Waals surface area contributed by atoms with Crippen molar-refractivity contribution in [2.75, 3.05) is 0 Å². The van der Waals surface area contributed by atoms with E-state index in [-0.39, 0.29) is 0 Å². The van der Waals surface area contributed by atoms with Crippen LogP contribution in [0, 0.1) is 6.92 Å². The molecule has 0 aliphatic carbocycles. The zero-order valence-corrected chi connectivity index (χ0v) is 12.7. The van der Waals surface area contributed by atoms with Gasteiger partial charge in [0.25, 0.3) is 0 Å². The van der Waals surface area contributed by atoms with Crippen LogP contribution in [0.1, 0.15) is 30.9 Å². The molecule has 1 aromatic carbocycles. The lowest BCUT2D eigenvalue weighted by Gasteiger charge is -2.13. The van der Waals surface area contributed by atoms with Crippen LogP contribution in [-0.4, -0.2) is 11.2 Å². The maximum absolute atomic E-state index is 6.04. The number of hydrogen-bond donors (Lipinski definition) is 1. The molecule has 0 fully saturated rings. The van der Waals surface area contributed by atoms with E-state index < -0.39 is 0 Å². The average molecular weight is 295 g/mol. The molecule has 0 spiro atoms. The molecule has 0 bridgehead atoms. The molecule has 0 saturated carbocycles. The Bertz CT molecular complexity index is 567. The van der Waals surface area contributed by atoms with Crippen LogP contribution in [0.25, 0.3) is 0 Å². The summed E-state index contributed by atoms with van der Waals surface area (Å²) in [5.41, 5.74) is 1.88. The number of aromatic nitrogens is 1. The quantitative estimate of drug-likeness (QED) is 0.882. The first-order valence-electron chi connectivity index (χ1n) is 6.61. The molecule has 20 heavy (non-hydrogen) atoms. The lowest BCUT2D eigenvalue weighted by atomic mass is 10.2. The van der Waals surface area contributed by atoms with Gasteiger partial charge in [0.05, 0.1) is 5.69 Å². The number of nitrogens with one attached hydrogen (secondary N) is 1. The zero-order chi connectivity index (χ0) is 14.5. The highest BCUT2D eigenvalue weighted by atomic mass is 35.5. The summed E-state index contributed by atoms with van der Waals surface area (Å²) in [7, 11) is 0. The third-order valence-corrected chi connectivity index (χ3v) is 3.01. The van der Waals surface area contributed by atoms with Gasteiger partial charge in [0.2, 0.25) is 0 Å². The molecule has 0 unspecified atom stereocenters. The second kappa shape index (κ2) is 6.77. The molecule has 0 saturated heterocycles. The normalized spacial score (nSPS) is 11.1. The Morgan fingerprint density at radius 3 is 2.80 bits per heavy atom. The monoisotopic (exact) mass is 294 g/mol. The Kier molecular flexibility index (Phi) is 5.04. The third-order valence-electron chi connectivity index (χ3n) is 2.77. The van der Waals surface area contributed by atoms with Gasteiger partial charge in [-0.3, -0.25) is 0 Å². The minimum Gasteiger partial charge on any atom is -0.485 e. The van der Waals surface area contributed by atoms with Crippen molar-refractivity contribution in [2.24, 2.45) is 0 Å². The topological polar surface area (TPSA) is 47.3 Å². The van der Waals surface area contributed by atoms with Gasteiger partial charge in [0, 0.05) is 29.2 Å². The maximum Gasteiger partial charge on any atom is 0.174 e. The van der Waals surface area contributed by atoms with E-state index in [2.05, 4.69) is 24.3 Å². The fourth-order valence-electron chi connectivity index (χ4n) is 1.77. The Hall–Kier alpha value is -1.52. The van der Waals surface area contributed by atoms with E-state index in [1.54, 1.807) is 0 Å². The Morgan fingerprint density at radius 2 is 2.15 bits per heavy atom. The molecule has 1 heterocycles. The van der Waals surface area contributed by atoms with Crippen molar-refractivity contribution in [3.63, 3.8) is 0 Å². The summed E-state index contributed by atoms with van der Waals surface area (Å²) in [4.78, 5) is 0. The predicted octanol–water partition coefficient (Wildman–Crippen LogP) is 3.71. The van der Waals surface area contributed by atoms with Crippen molar-refractivity contribution >= 4 is 11.6 Å². The van der Waals surface area contributed by atoms with Crippen molar-refractivity contribution in [3.8, 4) is 5.75 Å². The van der Waals surface area contributed by atoms with E-state index in [1.165, 1.54) is 0 Å². The first-order chi connectivity index (χ1) is 9.54. The molecule has 108 valence electrons. The smallest absolute Gasteiger partial charge is 0.174 e. The van der Waals surface area contributed by atoms with Gasteiger partial charge in [0.15, 0.2) is 5.76 Å². The second-order valence-electron chi connectivity index (χ2n) is 5.01. The number of benzene rings is 1. The number of hydrogen-bond acceptors (Lipinski definition) is 4. The van der Waals surface area contributed by atoms with Gasteiger partial charge >= 0.3 is 0 Å². The number of aryl methyl sites for hydroxylation is 1. The van der Waals surface area contributed by atoms with Crippen molar-refractivity contribution in [1.82, 2.24) is 10.5 Å². The summed E-state index contributed by atoms with van der Waals surface area (Å²) >= 11 is 6.04. The molecule has 0 radical (unpaired) electrons. The second-order valence-corrected chi connectivity index (χ2v) is 5.45. The molecule has 0 aliphatic rings. The van der Waals surface area contributed by atoms with E-state index in [9.17, 15) is 0 Å². The van der Waals surface area contributed by atoms with Crippen molar-refractivity contribution in [2.45, 2.75) is 40.0 Å². The molecular weight excluding hydrogens is 276 g/mol. The number of nitrogens with zero attached hydrogens (tertiary/aromatic N) is 1. The highest BCUT2D eigenvalue weighted by molar-refractivity contribution is 6.30. The number of ether oxygens (including phenoxy) is 1. The van der Waals surface area contributed by atoms with Gasteiger partial charge in [-0.1, -0.05) is 30.6 Å². The summed E-state index contributed by atoms with van der Waals surface area (Å²) in [5.74, 6) is 1.51. The summed E-state index contributed by atoms with van der Waals surface area (Å²) in [6, 6.07) is 7.88. The molecule has 0 atom stereocenters. The standard InChI is InChI=1S/C15H19ClN2O2/c1-10(2)17-8-12-7-13(16)4-5-15(12)19-9-14-6-11(3)18-20-14/h4-7,10,17H,8-9H2,1-3H3. The van der Waals surface area contributed by atoms with Gasteiger partial charge in [-0.15, -0.1) is 0 Å². The fraction of sp³-hybridized carbons (Fsp3) is 0.400. The van der Waals surface area contributed by atoms with E-state index in [0.29, 0.717) is 30.0 Å². The van der Waals surface area contributed by atoms with E-state index in [4.69, 9.17) is 20.9 Å². The first kappa shape index (κ1) is 14.9. The summed E-state index contributed by atoms with van der Waals surface area (Å²) < 4.78 is 10.9. The maximum atomic E-state index is 6.04. The Morgan fingerprint density at radius 1 is 1.35 bits per heavy atom. The van der Waals surface area contributed by atoms with Crippen LogP contribution in [0.5, 0.6) is 5.75 Å². The van der Waals surface area contributed by atoms with Gasteiger partial charge in [-0.25, -0.2) is 0 Å². The lowest BCUT2D eigenvalue weighted by Crippen LogP contribution is -2.22. The summed E-state index contributed by atoms with van der Waals surface area (Å²) in [6.07, 6.45) is 0. The number of rotatable bonds is 6. The first-order valence-corrected chi connectivity index (χ1v) is 6.99. The van der Waals surface area contributed by atoms with E-state index >= 15 is 0 Å². The van der Waals surface area contributed by atoms with Gasteiger partial charge in [-0.05, 0) is 25.1 Å². The SMILES string of the molecule is Cc1cc(COc2ccc(Cl)cc2CNC(C)C)on1. The molecule has 2 rings (SSSR count). The van der Waals surface area contributed by atoms with Crippen LogP contribution < -0.4 is 10.1 Å². The largest absolute Gasteiger partial charge is 0.485 e. The van der Waals surface area contributed by atoms with Crippen molar-refractivity contribution < 1.29 is 9.26 Å². The third kappa shape index (κ3) is 4.25. The van der Waals surface area contributed by atoms with Crippen LogP contribution >= 0.6 is 11.6 Å². The Labute approximate surface area is 124 Å². The minimum absolute atomic E-state index is 0.358. The predicted molar refractivity (Wildman–Crippen MR) is 79.0 cm³/mol. The Balaban J connectivity index is 2.05. The molecule has 2 aromatic rings. The molecule has 1 aromatic heterocycles. The van der Waals surface area contributed by atoms with Crippen LogP contribution in [0.3, 0.4) is 0 Å². The van der Waals surface area contributed by atoms with Crippen LogP contribution in [0.4, 0.5) is 0 Å². The fourth-order valence-corrected chi connectivity index (χ4v) is 1.97. The molecular formula is C15H19ClN2O2. The van der Waals surface area contributed by atoms with Gasteiger partial charge in [-0.2, -0.15) is 0 Å². The molecule has 0 aliphatic heterocycles.